The quantitative estimate of drug-likeness (QED) is 0.806. The van der Waals surface area contributed by atoms with Gasteiger partial charge >= 0.3 is 5.97 Å². The first kappa shape index (κ1) is 10.2. The highest BCUT2D eigenvalue weighted by Gasteiger charge is 2.33. The van der Waals surface area contributed by atoms with E-state index in [2.05, 4.69) is 5.10 Å². The standard InChI is InChI=1S/C11H16N2O2/c1-13-10(6-7-12-13)8-4-2-3-5-9(8)11(14)15/h6-9H,2-5H2,1H3,(H,14,15). The van der Waals surface area contributed by atoms with Crippen LogP contribution >= 0.6 is 0 Å². The Bertz CT molecular complexity index is 359. The summed E-state index contributed by atoms with van der Waals surface area (Å²) in [5.74, 6) is -0.751. The molecule has 1 fully saturated rings. The van der Waals surface area contributed by atoms with Gasteiger partial charge in [0.15, 0.2) is 0 Å². The van der Waals surface area contributed by atoms with E-state index in [1.54, 1.807) is 10.9 Å². The summed E-state index contributed by atoms with van der Waals surface area (Å²) in [7, 11) is 1.88. The predicted octanol–water partition coefficient (Wildman–Crippen LogP) is 1.78. The highest BCUT2D eigenvalue weighted by atomic mass is 16.4. The van der Waals surface area contributed by atoms with Crippen molar-refractivity contribution in [2.24, 2.45) is 13.0 Å². The van der Waals surface area contributed by atoms with Gasteiger partial charge in [-0.2, -0.15) is 5.10 Å². The molecule has 1 N–H and O–H groups in total. The van der Waals surface area contributed by atoms with E-state index < -0.39 is 5.97 Å². The SMILES string of the molecule is Cn1nccc1C1CCCCC1C(=O)O. The molecule has 0 spiro atoms. The number of carboxylic acids is 1. The molecule has 0 radical (unpaired) electrons. The summed E-state index contributed by atoms with van der Waals surface area (Å²) in [6.45, 7) is 0. The topological polar surface area (TPSA) is 55.1 Å². The van der Waals surface area contributed by atoms with Crippen molar-refractivity contribution in [1.82, 2.24) is 9.78 Å². The molecule has 15 heavy (non-hydrogen) atoms. The van der Waals surface area contributed by atoms with Gasteiger partial charge in [-0.05, 0) is 18.9 Å². The molecule has 1 aromatic rings. The zero-order chi connectivity index (χ0) is 10.8. The summed E-state index contributed by atoms with van der Waals surface area (Å²) in [5, 5.41) is 13.3. The molecule has 82 valence electrons. The molecule has 0 aliphatic heterocycles. The van der Waals surface area contributed by atoms with Gasteiger partial charge in [-0.3, -0.25) is 9.48 Å². The van der Waals surface area contributed by atoms with Crippen LogP contribution in [0.4, 0.5) is 0 Å². The van der Waals surface area contributed by atoms with Crippen LogP contribution in [0.3, 0.4) is 0 Å². The van der Waals surface area contributed by atoms with Gasteiger partial charge in [-0.1, -0.05) is 12.8 Å². The average Bonchev–Trinajstić information content (AvgIpc) is 2.64. The molecule has 4 nitrogen and oxygen atoms in total. The Balaban J connectivity index is 2.25. The number of hydrogen-bond acceptors (Lipinski definition) is 2. The summed E-state index contributed by atoms with van der Waals surface area (Å²) in [5.41, 5.74) is 1.06. The monoisotopic (exact) mass is 208 g/mol. The van der Waals surface area contributed by atoms with Gasteiger partial charge in [0.25, 0.3) is 0 Å². The molecular weight excluding hydrogens is 192 g/mol. The minimum atomic E-state index is -0.666. The third kappa shape index (κ3) is 1.89. The van der Waals surface area contributed by atoms with Gasteiger partial charge in [0, 0.05) is 24.9 Å². The Morgan fingerprint density at radius 1 is 1.53 bits per heavy atom. The maximum atomic E-state index is 11.1. The largest absolute Gasteiger partial charge is 0.481 e. The van der Waals surface area contributed by atoms with E-state index >= 15 is 0 Å². The average molecular weight is 208 g/mol. The molecule has 1 aliphatic carbocycles. The van der Waals surface area contributed by atoms with E-state index in [-0.39, 0.29) is 11.8 Å². The number of nitrogens with zero attached hydrogens (tertiary/aromatic N) is 2. The summed E-state index contributed by atoms with van der Waals surface area (Å²) < 4.78 is 1.80. The van der Waals surface area contributed by atoms with Gasteiger partial charge in [-0.25, -0.2) is 0 Å². The molecule has 1 heterocycles. The third-order valence-electron chi connectivity index (χ3n) is 3.32. The molecule has 1 aromatic heterocycles. The maximum Gasteiger partial charge on any atom is 0.307 e. The molecular formula is C11H16N2O2. The first-order valence-electron chi connectivity index (χ1n) is 5.41. The fraction of sp³-hybridized carbons (Fsp3) is 0.636. The number of aliphatic carboxylic acids is 1. The molecule has 1 aliphatic rings. The van der Waals surface area contributed by atoms with Gasteiger partial charge in [-0.15, -0.1) is 0 Å². The molecule has 1 saturated carbocycles. The van der Waals surface area contributed by atoms with Crippen molar-refractivity contribution in [3.05, 3.63) is 18.0 Å². The normalized spacial score (nSPS) is 26.5. The van der Waals surface area contributed by atoms with E-state index in [1.165, 1.54) is 0 Å². The van der Waals surface area contributed by atoms with Crippen molar-refractivity contribution in [2.75, 3.05) is 0 Å². The van der Waals surface area contributed by atoms with Crippen LogP contribution in [0.25, 0.3) is 0 Å². The second kappa shape index (κ2) is 4.04. The van der Waals surface area contributed by atoms with Crippen LogP contribution in [0.2, 0.25) is 0 Å². The molecule has 2 unspecified atom stereocenters. The van der Waals surface area contributed by atoms with Crippen molar-refractivity contribution in [1.29, 1.82) is 0 Å². The fourth-order valence-corrected chi connectivity index (χ4v) is 2.53. The number of hydrogen-bond donors (Lipinski definition) is 1. The first-order valence-corrected chi connectivity index (χ1v) is 5.41. The van der Waals surface area contributed by atoms with E-state index in [0.29, 0.717) is 0 Å². The minimum absolute atomic E-state index is 0.142. The lowest BCUT2D eigenvalue weighted by molar-refractivity contribution is -0.143. The Morgan fingerprint density at radius 2 is 2.27 bits per heavy atom. The maximum absolute atomic E-state index is 11.1. The van der Waals surface area contributed by atoms with Crippen LogP contribution in [0, 0.1) is 5.92 Å². The predicted molar refractivity (Wildman–Crippen MR) is 55.5 cm³/mol. The van der Waals surface area contributed by atoms with Crippen molar-refractivity contribution in [2.45, 2.75) is 31.6 Å². The number of carboxylic acid groups (broad SMARTS) is 1. The van der Waals surface area contributed by atoms with Crippen molar-refractivity contribution in [3.63, 3.8) is 0 Å². The zero-order valence-corrected chi connectivity index (χ0v) is 8.89. The van der Waals surface area contributed by atoms with E-state index in [0.717, 1.165) is 31.4 Å². The zero-order valence-electron chi connectivity index (χ0n) is 8.89. The highest BCUT2D eigenvalue weighted by molar-refractivity contribution is 5.71. The van der Waals surface area contributed by atoms with Gasteiger partial charge < -0.3 is 5.11 Å². The Hall–Kier alpha value is -1.32. The molecule has 0 saturated heterocycles. The lowest BCUT2D eigenvalue weighted by Gasteiger charge is -2.28. The van der Waals surface area contributed by atoms with E-state index in [9.17, 15) is 4.79 Å². The number of rotatable bonds is 2. The van der Waals surface area contributed by atoms with E-state index in [4.69, 9.17) is 5.11 Å². The van der Waals surface area contributed by atoms with Crippen molar-refractivity contribution >= 4 is 5.97 Å². The van der Waals surface area contributed by atoms with Crippen LogP contribution in [0.5, 0.6) is 0 Å². The molecule has 2 rings (SSSR count). The summed E-state index contributed by atoms with van der Waals surface area (Å²) in [6.07, 6.45) is 5.66. The van der Waals surface area contributed by atoms with Crippen LogP contribution < -0.4 is 0 Å². The summed E-state index contributed by atoms with van der Waals surface area (Å²) >= 11 is 0. The first-order chi connectivity index (χ1) is 7.20. The lowest BCUT2D eigenvalue weighted by atomic mass is 9.77. The summed E-state index contributed by atoms with van der Waals surface area (Å²) in [6, 6.07) is 1.94. The molecule has 4 heteroatoms. The second-order valence-corrected chi connectivity index (χ2v) is 4.22. The Labute approximate surface area is 88.9 Å². The van der Waals surface area contributed by atoms with Crippen LogP contribution in [0.15, 0.2) is 12.3 Å². The molecule has 0 bridgehead atoms. The molecule has 2 atom stereocenters. The minimum Gasteiger partial charge on any atom is -0.481 e. The Morgan fingerprint density at radius 3 is 2.87 bits per heavy atom. The van der Waals surface area contributed by atoms with Crippen LogP contribution in [-0.4, -0.2) is 20.9 Å². The van der Waals surface area contributed by atoms with Gasteiger partial charge in [0.2, 0.25) is 0 Å². The number of carbonyl (C=O) groups is 1. The van der Waals surface area contributed by atoms with Gasteiger partial charge in [0.05, 0.1) is 5.92 Å². The van der Waals surface area contributed by atoms with Gasteiger partial charge in [0.1, 0.15) is 0 Å². The van der Waals surface area contributed by atoms with Crippen LogP contribution in [0.1, 0.15) is 37.3 Å². The number of aromatic nitrogens is 2. The second-order valence-electron chi connectivity index (χ2n) is 4.22. The smallest absolute Gasteiger partial charge is 0.307 e. The third-order valence-corrected chi connectivity index (χ3v) is 3.32. The van der Waals surface area contributed by atoms with Crippen molar-refractivity contribution < 1.29 is 9.90 Å². The molecule has 0 aromatic carbocycles. The molecule has 0 amide bonds. The fourth-order valence-electron chi connectivity index (χ4n) is 2.53. The van der Waals surface area contributed by atoms with Crippen molar-refractivity contribution in [3.8, 4) is 0 Å². The highest BCUT2D eigenvalue weighted by Crippen LogP contribution is 2.37. The Kier molecular flexibility index (Phi) is 2.75. The van der Waals surface area contributed by atoms with E-state index in [1.807, 2.05) is 13.1 Å². The van der Waals surface area contributed by atoms with Crippen LogP contribution in [-0.2, 0) is 11.8 Å². The lowest BCUT2D eigenvalue weighted by Crippen LogP contribution is -2.26. The number of aryl methyl sites for hydroxylation is 1. The summed E-state index contributed by atoms with van der Waals surface area (Å²) in [4.78, 5) is 11.1.